The van der Waals surface area contributed by atoms with E-state index in [4.69, 9.17) is 4.74 Å². The van der Waals surface area contributed by atoms with Gasteiger partial charge in [-0.2, -0.15) is 0 Å². The monoisotopic (exact) mass is 191 g/mol. The van der Waals surface area contributed by atoms with Crippen LogP contribution in [0.2, 0.25) is 0 Å². The van der Waals surface area contributed by atoms with E-state index in [0.29, 0.717) is 17.1 Å². The van der Waals surface area contributed by atoms with Crippen LogP contribution in [0.15, 0.2) is 36.0 Å². The van der Waals surface area contributed by atoms with E-state index >= 15 is 0 Å². The van der Waals surface area contributed by atoms with Gasteiger partial charge in [-0.3, -0.25) is 4.79 Å². The zero-order valence-electron chi connectivity index (χ0n) is 8.39. The van der Waals surface area contributed by atoms with Gasteiger partial charge in [-0.05, 0) is 19.9 Å². The van der Waals surface area contributed by atoms with E-state index < -0.39 is 0 Å². The van der Waals surface area contributed by atoms with Gasteiger partial charge in [0.1, 0.15) is 5.76 Å². The van der Waals surface area contributed by atoms with Gasteiger partial charge in [0.25, 0.3) is 5.56 Å². The predicted octanol–water partition coefficient (Wildman–Crippen LogP) is 2.20. The van der Waals surface area contributed by atoms with Crippen molar-refractivity contribution >= 4 is 5.76 Å². The normalized spacial score (nSPS) is 9.57. The van der Waals surface area contributed by atoms with Crippen LogP contribution < -0.4 is 5.56 Å². The molecule has 1 aromatic rings. The van der Waals surface area contributed by atoms with Crippen LogP contribution in [-0.4, -0.2) is 4.98 Å². The lowest BCUT2D eigenvalue weighted by Crippen LogP contribution is -2.09. The van der Waals surface area contributed by atoms with Crippen LogP contribution in [0.25, 0.3) is 5.76 Å². The number of ether oxygens (including phenoxy) is 1. The summed E-state index contributed by atoms with van der Waals surface area (Å²) in [5.41, 5.74) is 1.29. The van der Waals surface area contributed by atoms with Crippen LogP contribution in [0.3, 0.4) is 0 Å². The largest absolute Gasteiger partial charge is 0.463 e. The number of H-pyrrole nitrogens is 1. The third kappa shape index (κ3) is 2.36. The van der Waals surface area contributed by atoms with Gasteiger partial charge >= 0.3 is 0 Å². The lowest BCUT2D eigenvalue weighted by Gasteiger charge is -2.07. The van der Waals surface area contributed by atoms with E-state index in [9.17, 15) is 4.79 Å². The SMILES string of the molecule is C=C(C)OC(=C)c1c[nH]c(=O)c(C)c1. The molecule has 0 aliphatic carbocycles. The Morgan fingerprint density at radius 1 is 1.50 bits per heavy atom. The molecule has 1 rings (SSSR count). The first kappa shape index (κ1) is 10.3. The molecule has 0 atom stereocenters. The van der Waals surface area contributed by atoms with Crippen LogP contribution in [0.5, 0.6) is 0 Å². The minimum Gasteiger partial charge on any atom is -0.463 e. The second-order valence-electron chi connectivity index (χ2n) is 3.13. The highest BCUT2D eigenvalue weighted by atomic mass is 16.5. The fraction of sp³-hybridized carbons (Fsp3) is 0.182. The Bertz CT molecular complexity index is 429. The Balaban J connectivity index is 2.97. The summed E-state index contributed by atoms with van der Waals surface area (Å²) in [5, 5.41) is 0. The molecule has 1 aromatic heterocycles. The molecule has 0 aliphatic heterocycles. The van der Waals surface area contributed by atoms with Crippen molar-refractivity contribution in [2.24, 2.45) is 0 Å². The van der Waals surface area contributed by atoms with Gasteiger partial charge in [0.2, 0.25) is 0 Å². The molecule has 0 fully saturated rings. The standard InChI is InChI=1S/C11H13NO2/c1-7(2)14-9(4)10-5-8(3)11(13)12-6-10/h5-6H,1,4H2,2-3H3,(H,12,13). The molecule has 14 heavy (non-hydrogen) atoms. The van der Waals surface area contributed by atoms with Gasteiger partial charge in [0.05, 0.1) is 5.76 Å². The second kappa shape index (κ2) is 3.96. The molecule has 3 heteroatoms. The Morgan fingerprint density at radius 2 is 2.14 bits per heavy atom. The summed E-state index contributed by atoms with van der Waals surface area (Å²) < 4.78 is 5.22. The number of hydrogen-bond acceptors (Lipinski definition) is 2. The third-order valence-electron chi connectivity index (χ3n) is 1.71. The Labute approximate surface area is 82.7 Å². The average molecular weight is 191 g/mol. The van der Waals surface area contributed by atoms with E-state index in [-0.39, 0.29) is 5.56 Å². The zero-order valence-corrected chi connectivity index (χ0v) is 8.39. The Hall–Kier alpha value is -1.77. The summed E-state index contributed by atoms with van der Waals surface area (Å²) in [4.78, 5) is 13.7. The van der Waals surface area contributed by atoms with E-state index in [1.807, 2.05) is 0 Å². The van der Waals surface area contributed by atoms with Gasteiger partial charge in [0, 0.05) is 17.3 Å². The third-order valence-corrected chi connectivity index (χ3v) is 1.71. The molecule has 3 nitrogen and oxygen atoms in total. The van der Waals surface area contributed by atoms with Crippen LogP contribution in [0.1, 0.15) is 18.1 Å². The zero-order chi connectivity index (χ0) is 10.7. The number of nitrogens with one attached hydrogen (secondary N) is 1. The lowest BCUT2D eigenvalue weighted by molar-refractivity contribution is 0.388. The van der Waals surface area contributed by atoms with Gasteiger partial charge < -0.3 is 9.72 Å². The predicted molar refractivity (Wildman–Crippen MR) is 56.7 cm³/mol. The van der Waals surface area contributed by atoms with Gasteiger partial charge in [-0.25, -0.2) is 0 Å². The number of hydrogen-bond donors (Lipinski definition) is 1. The molecule has 0 radical (unpaired) electrons. The van der Waals surface area contributed by atoms with Crippen LogP contribution >= 0.6 is 0 Å². The maximum absolute atomic E-state index is 11.1. The van der Waals surface area contributed by atoms with Crippen LogP contribution in [0, 0.1) is 6.92 Å². The molecule has 0 aromatic carbocycles. The fourth-order valence-corrected chi connectivity index (χ4v) is 1.03. The summed E-state index contributed by atoms with van der Waals surface area (Å²) in [6, 6.07) is 1.73. The summed E-state index contributed by atoms with van der Waals surface area (Å²) >= 11 is 0. The summed E-state index contributed by atoms with van der Waals surface area (Å²) in [6.07, 6.45) is 1.57. The molecular weight excluding hydrogens is 178 g/mol. The first-order chi connectivity index (χ1) is 6.50. The first-order valence-corrected chi connectivity index (χ1v) is 4.22. The fourth-order valence-electron chi connectivity index (χ4n) is 1.03. The molecular formula is C11H13NO2. The van der Waals surface area contributed by atoms with Crippen molar-refractivity contribution < 1.29 is 4.74 Å². The molecule has 1 N–H and O–H groups in total. The number of pyridine rings is 1. The molecule has 0 saturated heterocycles. The van der Waals surface area contributed by atoms with Crippen molar-refractivity contribution in [3.63, 3.8) is 0 Å². The first-order valence-electron chi connectivity index (χ1n) is 4.22. The topological polar surface area (TPSA) is 42.1 Å². The molecule has 0 aliphatic rings. The highest BCUT2D eigenvalue weighted by Crippen LogP contribution is 2.14. The molecule has 0 bridgehead atoms. The Kier molecular flexibility index (Phi) is 2.92. The number of aromatic amines is 1. The van der Waals surface area contributed by atoms with Gasteiger partial charge in [-0.1, -0.05) is 13.2 Å². The summed E-state index contributed by atoms with van der Waals surface area (Å²) in [5.74, 6) is 1.05. The maximum Gasteiger partial charge on any atom is 0.250 e. The molecule has 0 saturated carbocycles. The average Bonchev–Trinajstić information content (AvgIpc) is 2.08. The van der Waals surface area contributed by atoms with E-state index in [0.717, 1.165) is 5.56 Å². The number of aryl methyl sites for hydroxylation is 1. The lowest BCUT2D eigenvalue weighted by atomic mass is 10.2. The highest BCUT2D eigenvalue weighted by molar-refractivity contribution is 5.57. The molecule has 0 amide bonds. The van der Waals surface area contributed by atoms with Crippen molar-refractivity contribution in [2.45, 2.75) is 13.8 Å². The van der Waals surface area contributed by atoms with Crippen molar-refractivity contribution in [3.8, 4) is 0 Å². The van der Waals surface area contributed by atoms with E-state index in [1.165, 1.54) is 0 Å². The molecule has 1 heterocycles. The minimum absolute atomic E-state index is 0.100. The van der Waals surface area contributed by atoms with E-state index in [2.05, 4.69) is 18.1 Å². The summed E-state index contributed by atoms with van der Waals surface area (Å²) in [7, 11) is 0. The van der Waals surface area contributed by atoms with Crippen molar-refractivity contribution in [3.05, 3.63) is 52.7 Å². The van der Waals surface area contributed by atoms with Crippen LogP contribution in [-0.2, 0) is 4.74 Å². The van der Waals surface area contributed by atoms with Crippen molar-refractivity contribution in [2.75, 3.05) is 0 Å². The quantitative estimate of drug-likeness (QED) is 0.744. The van der Waals surface area contributed by atoms with Gasteiger partial charge in [0.15, 0.2) is 0 Å². The maximum atomic E-state index is 11.1. The summed E-state index contributed by atoms with van der Waals surface area (Å²) in [6.45, 7) is 10.8. The molecule has 0 spiro atoms. The number of allylic oxidation sites excluding steroid dienone is 1. The molecule has 0 unspecified atom stereocenters. The molecule has 74 valence electrons. The number of aromatic nitrogens is 1. The smallest absolute Gasteiger partial charge is 0.250 e. The number of rotatable bonds is 3. The van der Waals surface area contributed by atoms with Gasteiger partial charge in [-0.15, -0.1) is 0 Å². The van der Waals surface area contributed by atoms with Crippen molar-refractivity contribution in [1.82, 2.24) is 4.98 Å². The van der Waals surface area contributed by atoms with Crippen LogP contribution in [0.4, 0.5) is 0 Å². The second-order valence-corrected chi connectivity index (χ2v) is 3.13. The van der Waals surface area contributed by atoms with Crippen molar-refractivity contribution in [1.29, 1.82) is 0 Å². The van der Waals surface area contributed by atoms with E-state index in [1.54, 1.807) is 26.1 Å². The Morgan fingerprint density at radius 3 is 2.64 bits per heavy atom. The highest BCUT2D eigenvalue weighted by Gasteiger charge is 2.02. The minimum atomic E-state index is -0.100.